The molecule has 1 fully saturated rings. The van der Waals surface area contributed by atoms with E-state index < -0.39 is 15.8 Å². The molecular formula is C23H25FN4O3S2. The number of halogens is 1. The number of aryl methyl sites for hydroxylation is 2. The summed E-state index contributed by atoms with van der Waals surface area (Å²) < 4.78 is 42.7. The van der Waals surface area contributed by atoms with Gasteiger partial charge in [0.1, 0.15) is 10.7 Å². The molecule has 0 radical (unpaired) electrons. The van der Waals surface area contributed by atoms with Gasteiger partial charge in [-0.1, -0.05) is 36.0 Å². The molecule has 2 heterocycles. The zero-order valence-electron chi connectivity index (χ0n) is 18.4. The Bertz CT molecular complexity index is 1270. The van der Waals surface area contributed by atoms with Crippen LogP contribution in [0.4, 0.5) is 4.39 Å². The number of carbonyl (C=O) groups is 1. The fourth-order valence-corrected chi connectivity index (χ4v) is 6.10. The van der Waals surface area contributed by atoms with Crippen molar-refractivity contribution in [3.05, 3.63) is 71.8 Å². The van der Waals surface area contributed by atoms with Crippen LogP contribution in [0.15, 0.2) is 64.9 Å². The molecule has 4 rings (SSSR count). The van der Waals surface area contributed by atoms with E-state index in [1.165, 1.54) is 34.3 Å². The third kappa shape index (κ3) is 4.97. The Morgan fingerprint density at radius 2 is 1.82 bits per heavy atom. The predicted molar refractivity (Wildman–Crippen MR) is 126 cm³/mol. The van der Waals surface area contributed by atoms with Gasteiger partial charge >= 0.3 is 0 Å². The van der Waals surface area contributed by atoms with E-state index >= 15 is 0 Å². The summed E-state index contributed by atoms with van der Waals surface area (Å²) in [6.45, 7) is 4.84. The lowest BCUT2D eigenvalue weighted by atomic mass is 10.1. The molecule has 1 saturated heterocycles. The Morgan fingerprint density at radius 1 is 1.09 bits per heavy atom. The van der Waals surface area contributed by atoms with Crippen LogP contribution in [0.1, 0.15) is 11.1 Å². The maximum absolute atomic E-state index is 14.0. The highest BCUT2D eigenvalue weighted by molar-refractivity contribution is 7.99. The van der Waals surface area contributed by atoms with Crippen LogP contribution in [0.25, 0.3) is 5.69 Å². The Hall–Kier alpha value is -2.69. The molecule has 0 bridgehead atoms. The van der Waals surface area contributed by atoms with Crippen LogP contribution in [0.2, 0.25) is 0 Å². The molecule has 1 amide bonds. The number of thioether (sulfide) groups is 1. The number of amides is 1. The van der Waals surface area contributed by atoms with Crippen molar-refractivity contribution in [2.75, 3.05) is 31.9 Å². The van der Waals surface area contributed by atoms with Crippen molar-refractivity contribution in [3.8, 4) is 5.69 Å². The zero-order valence-corrected chi connectivity index (χ0v) is 20.1. The normalized spacial score (nSPS) is 15.1. The molecule has 0 atom stereocenters. The Labute approximate surface area is 197 Å². The standard InChI is InChI=1S/C23H25FN4O3S2/c1-17-7-8-18(2)20(15-17)28-10-9-25-23(28)32-16-22(29)26-11-13-27(14-12-26)33(30,31)21-6-4-3-5-19(21)24/h3-10,15H,11-14,16H2,1-2H3. The SMILES string of the molecule is Cc1ccc(C)c(-n2ccnc2SCC(=O)N2CCN(S(=O)(=O)c3ccccc3F)CC2)c1. The van der Waals surface area contributed by atoms with Crippen molar-refractivity contribution < 1.29 is 17.6 Å². The molecular weight excluding hydrogens is 463 g/mol. The topological polar surface area (TPSA) is 75.5 Å². The minimum absolute atomic E-state index is 0.0848. The number of carbonyl (C=O) groups excluding carboxylic acids is 1. The van der Waals surface area contributed by atoms with Gasteiger partial charge in [0, 0.05) is 38.6 Å². The predicted octanol–water partition coefficient (Wildman–Crippen LogP) is 3.25. The second-order valence-electron chi connectivity index (χ2n) is 7.87. The lowest BCUT2D eigenvalue weighted by Crippen LogP contribution is -2.51. The quantitative estimate of drug-likeness (QED) is 0.498. The van der Waals surface area contributed by atoms with Gasteiger partial charge in [-0.25, -0.2) is 17.8 Å². The van der Waals surface area contributed by atoms with Crippen molar-refractivity contribution in [2.24, 2.45) is 0 Å². The summed E-state index contributed by atoms with van der Waals surface area (Å²) in [5, 5.41) is 0.720. The van der Waals surface area contributed by atoms with Crippen LogP contribution in [-0.2, 0) is 14.8 Å². The van der Waals surface area contributed by atoms with E-state index in [1.54, 1.807) is 11.1 Å². The molecule has 0 unspecified atom stereocenters. The third-order valence-electron chi connectivity index (χ3n) is 5.60. The fourth-order valence-electron chi connectivity index (χ4n) is 3.75. The molecule has 1 aliphatic heterocycles. The summed E-state index contributed by atoms with van der Waals surface area (Å²) in [6, 6.07) is 11.5. The first-order chi connectivity index (χ1) is 15.8. The number of nitrogens with zero attached hydrogens (tertiary/aromatic N) is 4. The van der Waals surface area contributed by atoms with E-state index in [2.05, 4.69) is 23.2 Å². The molecule has 10 heteroatoms. The summed E-state index contributed by atoms with van der Waals surface area (Å²) in [5.41, 5.74) is 3.27. The Kier molecular flexibility index (Phi) is 6.87. The molecule has 174 valence electrons. The van der Waals surface area contributed by atoms with Gasteiger partial charge in [-0.15, -0.1) is 0 Å². The van der Waals surface area contributed by atoms with E-state index in [1.807, 2.05) is 24.6 Å². The molecule has 3 aromatic rings. The number of hydrogen-bond donors (Lipinski definition) is 0. The van der Waals surface area contributed by atoms with Crippen LogP contribution in [0, 0.1) is 19.7 Å². The molecule has 33 heavy (non-hydrogen) atoms. The lowest BCUT2D eigenvalue weighted by molar-refractivity contribution is -0.129. The molecule has 7 nitrogen and oxygen atoms in total. The average Bonchev–Trinajstić information content (AvgIpc) is 3.27. The first kappa shape index (κ1) is 23.5. The van der Waals surface area contributed by atoms with Crippen molar-refractivity contribution >= 4 is 27.7 Å². The van der Waals surface area contributed by atoms with Gasteiger partial charge in [0.25, 0.3) is 0 Å². The number of aromatic nitrogens is 2. The number of benzene rings is 2. The van der Waals surface area contributed by atoms with E-state index in [4.69, 9.17) is 0 Å². The Morgan fingerprint density at radius 3 is 2.55 bits per heavy atom. The number of rotatable bonds is 6. The molecule has 1 aromatic heterocycles. The largest absolute Gasteiger partial charge is 0.339 e. The van der Waals surface area contributed by atoms with Crippen LogP contribution in [-0.4, -0.2) is 65.0 Å². The van der Waals surface area contributed by atoms with Crippen molar-refractivity contribution in [1.29, 1.82) is 0 Å². The molecule has 0 aliphatic carbocycles. The fraction of sp³-hybridized carbons (Fsp3) is 0.304. The third-order valence-corrected chi connectivity index (χ3v) is 8.49. The Balaban J connectivity index is 1.37. The summed E-state index contributed by atoms with van der Waals surface area (Å²) in [6.07, 6.45) is 3.59. The van der Waals surface area contributed by atoms with Gasteiger partial charge in [0.15, 0.2) is 5.16 Å². The monoisotopic (exact) mass is 488 g/mol. The smallest absolute Gasteiger partial charge is 0.246 e. The summed E-state index contributed by atoms with van der Waals surface area (Å²) >= 11 is 1.35. The van der Waals surface area contributed by atoms with E-state index in [0.717, 1.165) is 28.0 Å². The number of imidazole rings is 1. The van der Waals surface area contributed by atoms with Crippen molar-refractivity contribution in [1.82, 2.24) is 18.8 Å². The molecule has 2 aromatic carbocycles. The van der Waals surface area contributed by atoms with Gasteiger partial charge in [0.05, 0.1) is 11.4 Å². The van der Waals surface area contributed by atoms with Crippen molar-refractivity contribution in [3.63, 3.8) is 0 Å². The van der Waals surface area contributed by atoms with Crippen LogP contribution < -0.4 is 0 Å². The maximum atomic E-state index is 14.0. The number of piperazine rings is 1. The maximum Gasteiger partial charge on any atom is 0.246 e. The molecule has 0 N–H and O–H groups in total. The first-order valence-corrected chi connectivity index (χ1v) is 13.0. The summed E-state index contributed by atoms with van der Waals surface area (Å²) in [4.78, 5) is 18.5. The minimum Gasteiger partial charge on any atom is -0.339 e. The highest BCUT2D eigenvalue weighted by Gasteiger charge is 2.31. The van der Waals surface area contributed by atoms with Crippen molar-refractivity contribution in [2.45, 2.75) is 23.9 Å². The van der Waals surface area contributed by atoms with E-state index in [-0.39, 0.29) is 42.7 Å². The molecule has 0 spiro atoms. The summed E-state index contributed by atoms with van der Waals surface area (Å²) in [5.74, 6) is -0.660. The van der Waals surface area contributed by atoms with Gasteiger partial charge in [-0.05, 0) is 43.2 Å². The minimum atomic E-state index is -3.93. The number of hydrogen-bond acceptors (Lipinski definition) is 5. The number of sulfonamides is 1. The van der Waals surface area contributed by atoms with E-state index in [0.29, 0.717) is 0 Å². The van der Waals surface area contributed by atoms with Gasteiger partial charge in [-0.3, -0.25) is 9.36 Å². The van der Waals surface area contributed by atoms with Gasteiger partial charge in [-0.2, -0.15) is 4.31 Å². The highest BCUT2D eigenvalue weighted by Crippen LogP contribution is 2.25. The second kappa shape index (κ2) is 9.66. The van der Waals surface area contributed by atoms with E-state index in [9.17, 15) is 17.6 Å². The molecule has 1 aliphatic rings. The van der Waals surface area contributed by atoms with Crippen LogP contribution >= 0.6 is 11.8 Å². The van der Waals surface area contributed by atoms with Gasteiger partial charge in [0.2, 0.25) is 15.9 Å². The molecule has 0 saturated carbocycles. The lowest BCUT2D eigenvalue weighted by Gasteiger charge is -2.34. The first-order valence-electron chi connectivity index (χ1n) is 10.5. The highest BCUT2D eigenvalue weighted by atomic mass is 32.2. The second-order valence-corrected chi connectivity index (χ2v) is 10.7. The van der Waals surface area contributed by atoms with Crippen LogP contribution in [0.5, 0.6) is 0 Å². The van der Waals surface area contributed by atoms with Crippen LogP contribution in [0.3, 0.4) is 0 Å². The average molecular weight is 489 g/mol. The zero-order chi connectivity index (χ0) is 23.6. The van der Waals surface area contributed by atoms with Gasteiger partial charge < -0.3 is 4.90 Å². The summed E-state index contributed by atoms with van der Waals surface area (Å²) in [7, 11) is -3.93.